The van der Waals surface area contributed by atoms with Gasteiger partial charge in [-0.2, -0.15) is 0 Å². The smallest absolute Gasteiger partial charge is 0.111 e. The van der Waals surface area contributed by atoms with Crippen molar-refractivity contribution < 1.29 is 4.39 Å². The summed E-state index contributed by atoms with van der Waals surface area (Å²) in [5.74, 6) is 0. The zero-order chi connectivity index (χ0) is 8.74. The molecule has 0 amide bonds. The van der Waals surface area contributed by atoms with Gasteiger partial charge in [0.25, 0.3) is 0 Å². The van der Waals surface area contributed by atoms with E-state index in [1.807, 2.05) is 0 Å². The van der Waals surface area contributed by atoms with Gasteiger partial charge >= 0.3 is 0 Å². The highest BCUT2D eigenvalue weighted by Gasteiger charge is 2.25. The van der Waals surface area contributed by atoms with Gasteiger partial charge in [0.05, 0.1) is 0 Å². The summed E-state index contributed by atoms with van der Waals surface area (Å²) < 4.78 is 13.8. The van der Waals surface area contributed by atoms with Gasteiger partial charge in [0, 0.05) is 0 Å². The van der Waals surface area contributed by atoms with Crippen molar-refractivity contribution in [1.29, 1.82) is 0 Å². The molecule has 1 heteroatoms. The van der Waals surface area contributed by atoms with Crippen LogP contribution in [0.3, 0.4) is 0 Å². The maximum Gasteiger partial charge on any atom is 0.111 e. The summed E-state index contributed by atoms with van der Waals surface area (Å²) in [4.78, 5) is 0. The van der Waals surface area contributed by atoms with Gasteiger partial charge in [0.1, 0.15) is 5.67 Å². The van der Waals surface area contributed by atoms with Gasteiger partial charge in [0.15, 0.2) is 0 Å². The van der Waals surface area contributed by atoms with Crippen molar-refractivity contribution in [2.75, 3.05) is 0 Å². The van der Waals surface area contributed by atoms with Crippen LogP contribution < -0.4 is 0 Å². The Bertz CT molecular complexity index is 71.9. The summed E-state index contributed by atoms with van der Waals surface area (Å²) in [6, 6.07) is 0. The molecule has 0 radical (unpaired) electrons. The summed E-state index contributed by atoms with van der Waals surface area (Å²) in [6.07, 6.45) is 5.14. The highest BCUT2D eigenvalue weighted by Crippen LogP contribution is 2.29. The maximum atomic E-state index is 13.8. The number of alkyl halides is 1. The van der Waals surface area contributed by atoms with E-state index in [-0.39, 0.29) is 0 Å². The lowest BCUT2D eigenvalue weighted by Gasteiger charge is -2.23. The lowest BCUT2D eigenvalue weighted by atomic mass is 9.90. The Morgan fingerprint density at radius 2 is 1.09 bits per heavy atom. The summed E-state index contributed by atoms with van der Waals surface area (Å²) in [6.45, 7) is 6.17. The van der Waals surface area contributed by atoms with E-state index in [2.05, 4.69) is 20.8 Å². The van der Waals surface area contributed by atoms with Gasteiger partial charge in [-0.1, -0.05) is 40.0 Å². The summed E-state index contributed by atoms with van der Waals surface area (Å²) in [5, 5.41) is 0. The molecule has 0 saturated carbocycles. The highest BCUT2D eigenvalue weighted by molar-refractivity contribution is 4.77. The van der Waals surface area contributed by atoms with E-state index in [0.29, 0.717) is 0 Å². The third kappa shape index (κ3) is 4.39. The minimum atomic E-state index is -0.849. The molecule has 0 fully saturated rings. The fourth-order valence-corrected chi connectivity index (χ4v) is 1.72. The molecule has 0 aliphatic rings. The minimum Gasteiger partial charge on any atom is -0.244 e. The Labute approximate surface area is 70.2 Å². The van der Waals surface area contributed by atoms with Crippen LogP contribution in [0.15, 0.2) is 0 Å². The largest absolute Gasteiger partial charge is 0.244 e. The molecule has 0 heterocycles. The van der Waals surface area contributed by atoms with E-state index in [1.165, 1.54) is 0 Å². The van der Waals surface area contributed by atoms with Gasteiger partial charge < -0.3 is 0 Å². The van der Waals surface area contributed by atoms with Crippen LogP contribution in [-0.2, 0) is 0 Å². The number of rotatable bonds is 6. The van der Waals surface area contributed by atoms with Crippen LogP contribution in [0.1, 0.15) is 59.3 Å². The van der Waals surface area contributed by atoms with Gasteiger partial charge in [-0.3, -0.25) is 0 Å². The summed E-state index contributed by atoms with van der Waals surface area (Å²) in [7, 11) is 0. The van der Waals surface area contributed by atoms with Crippen molar-refractivity contribution in [2.24, 2.45) is 0 Å². The van der Waals surface area contributed by atoms with E-state index >= 15 is 0 Å². The lowest BCUT2D eigenvalue weighted by Crippen LogP contribution is -2.21. The molecule has 0 N–H and O–H groups in total. The molecule has 0 spiro atoms. The monoisotopic (exact) mass is 160 g/mol. The summed E-state index contributed by atoms with van der Waals surface area (Å²) >= 11 is 0. The molecule has 0 aliphatic carbocycles. The van der Waals surface area contributed by atoms with Crippen LogP contribution >= 0.6 is 0 Å². The van der Waals surface area contributed by atoms with Crippen molar-refractivity contribution in [2.45, 2.75) is 65.0 Å². The molecule has 0 aliphatic heterocycles. The Morgan fingerprint density at radius 3 is 1.27 bits per heavy atom. The zero-order valence-electron chi connectivity index (χ0n) is 8.12. The van der Waals surface area contributed by atoms with Crippen molar-refractivity contribution in [3.63, 3.8) is 0 Å². The van der Waals surface area contributed by atoms with Crippen molar-refractivity contribution in [1.82, 2.24) is 0 Å². The maximum absolute atomic E-state index is 13.8. The molecule has 0 unspecified atom stereocenters. The first-order valence-electron chi connectivity index (χ1n) is 4.87. The standard InChI is InChI=1S/C10H21F/c1-4-7-10(11,8-5-2)9-6-3/h4-9H2,1-3H3. The fraction of sp³-hybridized carbons (Fsp3) is 1.00. The van der Waals surface area contributed by atoms with E-state index < -0.39 is 5.67 Å². The van der Waals surface area contributed by atoms with Crippen LogP contribution in [0.5, 0.6) is 0 Å². The zero-order valence-corrected chi connectivity index (χ0v) is 8.12. The SMILES string of the molecule is CCCC(F)(CCC)CCC. The molecule has 0 rings (SSSR count). The fourth-order valence-electron chi connectivity index (χ4n) is 1.72. The second kappa shape index (κ2) is 5.56. The minimum absolute atomic E-state index is 0.745. The normalized spacial score (nSPS) is 12.0. The first-order chi connectivity index (χ1) is 5.18. The third-order valence-corrected chi connectivity index (χ3v) is 2.09. The highest BCUT2D eigenvalue weighted by atomic mass is 19.1. The molecule has 0 saturated heterocycles. The Balaban J connectivity index is 3.79. The van der Waals surface area contributed by atoms with Crippen LogP contribution in [0.2, 0.25) is 0 Å². The van der Waals surface area contributed by atoms with Crippen molar-refractivity contribution >= 4 is 0 Å². The number of hydrogen-bond donors (Lipinski definition) is 0. The van der Waals surface area contributed by atoms with Crippen LogP contribution in [0, 0.1) is 0 Å². The number of halogens is 1. The molecular formula is C10H21F. The average molecular weight is 160 g/mol. The molecule has 0 bridgehead atoms. The quantitative estimate of drug-likeness (QED) is 0.549. The van der Waals surface area contributed by atoms with Crippen LogP contribution in [-0.4, -0.2) is 5.67 Å². The Kier molecular flexibility index (Phi) is 5.53. The first kappa shape index (κ1) is 10.9. The van der Waals surface area contributed by atoms with Gasteiger partial charge in [-0.05, 0) is 19.3 Å². The number of hydrogen-bond acceptors (Lipinski definition) is 0. The van der Waals surface area contributed by atoms with Crippen LogP contribution in [0.4, 0.5) is 4.39 Å². The molecule has 11 heavy (non-hydrogen) atoms. The lowest BCUT2D eigenvalue weighted by molar-refractivity contribution is 0.121. The third-order valence-electron chi connectivity index (χ3n) is 2.09. The molecule has 0 aromatic heterocycles. The van der Waals surface area contributed by atoms with E-state index in [4.69, 9.17) is 0 Å². The van der Waals surface area contributed by atoms with Crippen LogP contribution in [0.25, 0.3) is 0 Å². The topological polar surface area (TPSA) is 0 Å². The van der Waals surface area contributed by atoms with Gasteiger partial charge in [-0.25, -0.2) is 4.39 Å². The van der Waals surface area contributed by atoms with Gasteiger partial charge in [0.2, 0.25) is 0 Å². The van der Waals surface area contributed by atoms with Gasteiger partial charge in [-0.15, -0.1) is 0 Å². The van der Waals surface area contributed by atoms with E-state index in [1.54, 1.807) is 0 Å². The molecule has 0 aromatic carbocycles. The Hall–Kier alpha value is -0.0700. The average Bonchev–Trinajstić information content (AvgIpc) is 1.88. The summed E-state index contributed by atoms with van der Waals surface area (Å²) in [5.41, 5.74) is -0.849. The van der Waals surface area contributed by atoms with Crippen molar-refractivity contribution in [3.05, 3.63) is 0 Å². The van der Waals surface area contributed by atoms with Crippen molar-refractivity contribution in [3.8, 4) is 0 Å². The predicted molar refractivity (Wildman–Crippen MR) is 48.6 cm³/mol. The second-order valence-corrected chi connectivity index (χ2v) is 3.40. The van der Waals surface area contributed by atoms with E-state index in [9.17, 15) is 4.39 Å². The van der Waals surface area contributed by atoms with E-state index in [0.717, 1.165) is 38.5 Å². The predicted octanol–water partition coefficient (Wildman–Crippen LogP) is 4.10. The first-order valence-corrected chi connectivity index (χ1v) is 4.87. The molecule has 68 valence electrons. The molecule has 0 aromatic rings. The molecule has 0 nitrogen and oxygen atoms in total. The Morgan fingerprint density at radius 1 is 0.818 bits per heavy atom. The molecule has 0 atom stereocenters. The molecular weight excluding hydrogens is 139 g/mol. The second-order valence-electron chi connectivity index (χ2n) is 3.40.